The van der Waals surface area contributed by atoms with E-state index in [9.17, 15) is 10.1 Å². The van der Waals surface area contributed by atoms with Crippen LogP contribution in [0.15, 0.2) is 22.7 Å². The van der Waals surface area contributed by atoms with Crippen molar-refractivity contribution in [2.75, 3.05) is 25.0 Å². The number of nitro benzene ring substituents is 1. The van der Waals surface area contributed by atoms with Gasteiger partial charge in [0.1, 0.15) is 5.69 Å². The monoisotopic (exact) mass is 313 g/mol. The molecule has 1 unspecified atom stereocenters. The highest BCUT2D eigenvalue weighted by Gasteiger charge is 2.17. The van der Waals surface area contributed by atoms with Gasteiger partial charge < -0.3 is 10.6 Å². The molecular weight excluding hydrogens is 298 g/mol. The van der Waals surface area contributed by atoms with Crippen LogP contribution in [0.4, 0.5) is 11.4 Å². The number of anilines is 1. The van der Waals surface area contributed by atoms with Crippen LogP contribution in [0.3, 0.4) is 0 Å². The highest BCUT2D eigenvalue weighted by molar-refractivity contribution is 9.10. The summed E-state index contributed by atoms with van der Waals surface area (Å²) in [4.78, 5) is 10.6. The Balaban J connectivity index is 2.01. The summed E-state index contributed by atoms with van der Waals surface area (Å²) in [5.41, 5.74) is 0.710. The molecule has 0 bridgehead atoms. The van der Waals surface area contributed by atoms with Crippen molar-refractivity contribution in [2.24, 2.45) is 5.92 Å². The molecule has 18 heavy (non-hydrogen) atoms. The van der Waals surface area contributed by atoms with Crippen molar-refractivity contribution in [1.82, 2.24) is 5.32 Å². The van der Waals surface area contributed by atoms with Gasteiger partial charge >= 0.3 is 0 Å². The van der Waals surface area contributed by atoms with E-state index in [2.05, 4.69) is 26.6 Å². The second-order valence-corrected chi connectivity index (χ2v) is 5.43. The number of benzene rings is 1. The zero-order chi connectivity index (χ0) is 13.0. The topological polar surface area (TPSA) is 67.2 Å². The van der Waals surface area contributed by atoms with Gasteiger partial charge in [-0.25, -0.2) is 0 Å². The predicted octanol–water partition coefficient (Wildman–Crippen LogP) is 2.77. The molecule has 6 heteroatoms. The largest absolute Gasteiger partial charge is 0.379 e. The van der Waals surface area contributed by atoms with E-state index in [0.717, 1.165) is 24.1 Å². The van der Waals surface area contributed by atoms with Crippen molar-refractivity contribution in [3.63, 3.8) is 0 Å². The fraction of sp³-hybridized carbons (Fsp3) is 0.500. The molecular formula is C12H16BrN3O2. The summed E-state index contributed by atoms with van der Waals surface area (Å²) in [6.07, 6.45) is 2.35. The van der Waals surface area contributed by atoms with Crippen molar-refractivity contribution in [3.8, 4) is 0 Å². The summed E-state index contributed by atoms with van der Waals surface area (Å²) >= 11 is 3.25. The Morgan fingerprint density at radius 1 is 1.56 bits per heavy atom. The Hall–Kier alpha value is -1.14. The summed E-state index contributed by atoms with van der Waals surface area (Å²) in [7, 11) is 0. The molecule has 1 fully saturated rings. The number of nitrogens with one attached hydrogen (secondary N) is 2. The minimum absolute atomic E-state index is 0.119. The first-order valence-electron chi connectivity index (χ1n) is 6.05. The van der Waals surface area contributed by atoms with Crippen LogP contribution in [-0.2, 0) is 0 Å². The SMILES string of the molecule is O=[N+]([O-])c1cc(Br)ccc1NCC1CCCNC1. The highest BCUT2D eigenvalue weighted by atomic mass is 79.9. The molecule has 0 aliphatic carbocycles. The lowest BCUT2D eigenvalue weighted by Gasteiger charge is -2.23. The van der Waals surface area contributed by atoms with Crippen molar-refractivity contribution in [3.05, 3.63) is 32.8 Å². The van der Waals surface area contributed by atoms with Crippen LogP contribution in [0, 0.1) is 16.0 Å². The van der Waals surface area contributed by atoms with Gasteiger partial charge in [-0.2, -0.15) is 0 Å². The molecule has 1 aromatic carbocycles. The molecule has 2 rings (SSSR count). The molecule has 0 radical (unpaired) electrons. The molecule has 1 aromatic rings. The van der Waals surface area contributed by atoms with E-state index in [0.29, 0.717) is 11.6 Å². The molecule has 1 atom stereocenters. The van der Waals surface area contributed by atoms with Crippen molar-refractivity contribution < 1.29 is 4.92 Å². The van der Waals surface area contributed by atoms with Crippen LogP contribution in [-0.4, -0.2) is 24.6 Å². The van der Waals surface area contributed by atoms with Crippen LogP contribution in [0.2, 0.25) is 0 Å². The van der Waals surface area contributed by atoms with E-state index in [-0.39, 0.29) is 10.6 Å². The third kappa shape index (κ3) is 3.43. The average Bonchev–Trinajstić information content (AvgIpc) is 2.38. The van der Waals surface area contributed by atoms with Gasteiger partial charge in [0.2, 0.25) is 0 Å². The summed E-state index contributed by atoms with van der Waals surface area (Å²) in [5, 5.41) is 17.5. The molecule has 0 saturated carbocycles. The lowest BCUT2D eigenvalue weighted by molar-refractivity contribution is -0.384. The molecule has 0 spiro atoms. The Bertz CT molecular complexity index is 433. The van der Waals surface area contributed by atoms with Crippen LogP contribution in [0.5, 0.6) is 0 Å². The first-order chi connectivity index (χ1) is 8.66. The molecule has 2 N–H and O–H groups in total. The third-order valence-corrected chi connectivity index (χ3v) is 3.63. The summed E-state index contributed by atoms with van der Waals surface area (Å²) < 4.78 is 0.721. The second-order valence-electron chi connectivity index (χ2n) is 4.51. The molecule has 0 amide bonds. The standard InChI is InChI=1S/C12H16BrN3O2/c13-10-3-4-11(12(6-10)16(17)18)15-8-9-2-1-5-14-7-9/h3-4,6,9,14-15H,1-2,5,7-8H2. The fourth-order valence-electron chi connectivity index (χ4n) is 2.16. The normalized spacial score (nSPS) is 19.5. The maximum atomic E-state index is 11.0. The van der Waals surface area contributed by atoms with Gasteiger partial charge in [0.05, 0.1) is 4.92 Å². The predicted molar refractivity (Wildman–Crippen MR) is 74.9 cm³/mol. The first-order valence-corrected chi connectivity index (χ1v) is 6.84. The quantitative estimate of drug-likeness (QED) is 0.662. The van der Waals surface area contributed by atoms with Crippen molar-refractivity contribution in [1.29, 1.82) is 0 Å². The van der Waals surface area contributed by atoms with E-state index in [1.54, 1.807) is 6.07 Å². The van der Waals surface area contributed by atoms with Crippen LogP contribution >= 0.6 is 15.9 Å². The molecule has 1 saturated heterocycles. The summed E-state index contributed by atoms with van der Waals surface area (Å²) in [6, 6.07) is 5.09. The van der Waals surface area contributed by atoms with E-state index in [1.807, 2.05) is 6.07 Å². The van der Waals surface area contributed by atoms with Crippen LogP contribution in [0.25, 0.3) is 0 Å². The average molecular weight is 314 g/mol. The lowest BCUT2D eigenvalue weighted by Crippen LogP contribution is -2.33. The molecule has 98 valence electrons. The zero-order valence-corrected chi connectivity index (χ0v) is 11.6. The van der Waals surface area contributed by atoms with E-state index < -0.39 is 0 Å². The molecule has 5 nitrogen and oxygen atoms in total. The highest BCUT2D eigenvalue weighted by Crippen LogP contribution is 2.28. The number of piperidine rings is 1. The maximum absolute atomic E-state index is 11.0. The lowest BCUT2D eigenvalue weighted by atomic mass is 10.00. The van der Waals surface area contributed by atoms with E-state index in [4.69, 9.17) is 0 Å². The third-order valence-electron chi connectivity index (χ3n) is 3.14. The van der Waals surface area contributed by atoms with Gasteiger partial charge in [-0.15, -0.1) is 0 Å². The number of nitrogens with zero attached hydrogens (tertiary/aromatic N) is 1. The summed E-state index contributed by atoms with van der Waals surface area (Å²) in [6.45, 7) is 2.84. The van der Waals surface area contributed by atoms with Gasteiger partial charge in [0.15, 0.2) is 0 Å². The van der Waals surface area contributed by atoms with Crippen molar-refractivity contribution >= 4 is 27.3 Å². The Kier molecular flexibility index (Phi) is 4.54. The smallest absolute Gasteiger partial charge is 0.293 e. The number of rotatable bonds is 4. The van der Waals surface area contributed by atoms with Gasteiger partial charge in [-0.3, -0.25) is 10.1 Å². The number of hydrogen-bond donors (Lipinski definition) is 2. The maximum Gasteiger partial charge on any atom is 0.293 e. The first kappa shape index (κ1) is 13.3. The minimum atomic E-state index is -0.355. The zero-order valence-electron chi connectivity index (χ0n) is 9.99. The van der Waals surface area contributed by atoms with Crippen LogP contribution < -0.4 is 10.6 Å². The van der Waals surface area contributed by atoms with Crippen LogP contribution in [0.1, 0.15) is 12.8 Å². The van der Waals surface area contributed by atoms with Gasteiger partial charge in [-0.05, 0) is 44.0 Å². The molecule has 0 aromatic heterocycles. The van der Waals surface area contributed by atoms with Crippen molar-refractivity contribution in [2.45, 2.75) is 12.8 Å². The fourth-order valence-corrected chi connectivity index (χ4v) is 2.51. The Morgan fingerprint density at radius 2 is 2.39 bits per heavy atom. The number of halogens is 1. The second kappa shape index (κ2) is 6.15. The van der Waals surface area contributed by atoms with Gasteiger partial charge in [0.25, 0.3) is 5.69 Å². The molecule has 1 heterocycles. The molecule has 1 aliphatic rings. The Labute approximate surface area is 114 Å². The number of nitro groups is 1. The van der Waals surface area contributed by atoms with E-state index in [1.165, 1.54) is 18.9 Å². The minimum Gasteiger partial charge on any atom is -0.379 e. The number of hydrogen-bond acceptors (Lipinski definition) is 4. The Morgan fingerprint density at radius 3 is 3.06 bits per heavy atom. The van der Waals surface area contributed by atoms with Gasteiger partial charge in [0, 0.05) is 17.1 Å². The summed E-state index contributed by atoms with van der Waals surface area (Å²) in [5.74, 6) is 0.544. The van der Waals surface area contributed by atoms with Gasteiger partial charge in [-0.1, -0.05) is 15.9 Å². The molecule has 1 aliphatic heterocycles. The van der Waals surface area contributed by atoms with E-state index >= 15 is 0 Å².